The number of phenols is 1. The molecule has 1 rings (SSSR count). The number of benzene rings is 1. The molecule has 0 aliphatic carbocycles. The van der Waals surface area contributed by atoms with Crippen molar-refractivity contribution in [3.05, 3.63) is 23.8 Å². The van der Waals surface area contributed by atoms with E-state index in [1.807, 2.05) is 0 Å². The van der Waals surface area contributed by atoms with E-state index in [0.717, 1.165) is 0 Å². The highest BCUT2D eigenvalue weighted by molar-refractivity contribution is 5.97. The zero-order chi connectivity index (χ0) is 13.9. The number of aliphatic hydroxyl groups is 1. The lowest BCUT2D eigenvalue weighted by molar-refractivity contribution is 0.0470. The van der Waals surface area contributed by atoms with Crippen LogP contribution in [0.3, 0.4) is 0 Å². The van der Waals surface area contributed by atoms with Gasteiger partial charge < -0.3 is 19.8 Å². The van der Waals surface area contributed by atoms with Crippen LogP contribution in [0, 0.1) is 0 Å². The molecule has 1 aromatic rings. The third-order valence-corrected chi connectivity index (χ3v) is 3.03. The maximum atomic E-state index is 12.2. The van der Waals surface area contributed by atoms with Gasteiger partial charge >= 0.3 is 0 Å². The number of hydrogen-bond acceptors (Lipinski definition) is 4. The second-order valence-corrected chi connectivity index (χ2v) is 4.72. The normalized spacial score (nSPS) is 11.2. The number of phenolic OH excluding ortho intramolecular Hbond substituents is 1. The van der Waals surface area contributed by atoms with Gasteiger partial charge in [0.15, 0.2) is 0 Å². The molecule has 0 fully saturated rings. The Balaban J connectivity index is 3.04. The molecule has 5 nitrogen and oxygen atoms in total. The molecule has 0 spiro atoms. The number of aliphatic hydroxyl groups excluding tert-OH is 1. The van der Waals surface area contributed by atoms with Crippen molar-refractivity contribution in [1.29, 1.82) is 0 Å². The summed E-state index contributed by atoms with van der Waals surface area (Å²) in [4.78, 5) is 13.6. The lowest BCUT2D eigenvalue weighted by atomic mass is 10.0. The molecule has 5 heteroatoms. The van der Waals surface area contributed by atoms with Gasteiger partial charge in [-0.15, -0.1) is 0 Å². The van der Waals surface area contributed by atoms with Crippen molar-refractivity contribution in [3.63, 3.8) is 0 Å². The van der Waals surface area contributed by atoms with E-state index >= 15 is 0 Å². The molecule has 18 heavy (non-hydrogen) atoms. The van der Waals surface area contributed by atoms with Gasteiger partial charge in [-0.2, -0.15) is 0 Å². The second-order valence-electron chi connectivity index (χ2n) is 4.72. The number of rotatable bonds is 4. The van der Waals surface area contributed by atoms with Crippen LogP contribution in [0.2, 0.25) is 0 Å². The molecular formula is C13H19NO4. The quantitative estimate of drug-likeness (QED) is 0.847. The van der Waals surface area contributed by atoms with Gasteiger partial charge in [-0.05, 0) is 26.0 Å². The smallest absolute Gasteiger partial charge is 0.257 e. The molecule has 0 aromatic heterocycles. The first-order valence-corrected chi connectivity index (χ1v) is 5.59. The highest BCUT2D eigenvalue weighted by atomic mass is 16.5. The molecule has 1 aromatic carbocycles. The van der Waals surface area contributed by atoms with E-state index in [0.29, 0.717) is 5.75 Å². The van der Waals surface area contributed by atoms with Gasteiger partial charge in [0.2, 0.25) is 0 Å². The molecule has 0 atom stereocenters. The number of amides is 1. The Hall–Kier alpha value is -1.75. The predicted octanol–water partition coefficient (Wildman–Crippen LogP) is 1.24. The maximum Gasteiger partial charge on any atom is 0.257 e. The fraction of sp³-hybridized carbons (Fsp3) is 0.462. The van der Waals surface area contributed by atoms with Crippen molar-refractivity contribution < 1.29 is 19.7 Å². The number of carbonyl (C=O) groups is 1. The molecule has 0 saturated heterocycles. The Morgan fingerprint density at radius 3 is 2.50 bits per heavy atom. The van der Waals surface area contributed by atoms with E-state index in [4.69, 9.17) is 4.74 Å². The Bertz CT molecular complexity index is 443. The summed E-state index contributed by atoms with van der Waals surface area (Å²) >= 11 is 0. The zero-order valence-electron chi connectivity index (χ0n) is 11.1. The molecule has 0 unspecified atom stereocenters. The van der Waals surface area contributed by atoms with Crippen LogP contribution >= 0.6 is 0 Å². The van der Waals surface area contributed by atoms with Crippen molar-refractivity contribution in [2.24, 2.45) is 0 Å². The van der Waals surface area contributed by atoms with Crippen molar-refractivity contribution in [2.45, 2.75) is 19.4 Å². The first-order valence-electron chi connectivity index (χ1n) is 5.59. The minimum absolute atomic E-state index is 0.139. The minimum Gasteiger partial charge on any atom is -0.507 e. The summed E-state index contributed by atoms with van der Waals surface area (Å²) in [5, 5.41) is 19.0. The summed E-state index contributed by atoms with van der Waals surface area (Å²) in [5.74, 6) is -0.0118. The van der Waals surface area contributed by atoms with E-state index in [-0.39, 0.29) is 23.8 Å². The topological polar surface area (TPSA) is 70.0 Å². The molecule has 0 saturated carbocycles. The number of hydrogen-bond donors (Lipinski definition) is 2. The lowest BCUT2D eigenvalue weighted by Gasteiger charge is -2.34. The summed E-state index contributed by atoms with van der Waals surface area (Å²) in [6.07, 6.45) is 0. The van der Waals surface area contributed by atoms with Gasteiger partial charge in [0.1, 0.15) is 11.5 Å². The van der Waals surface area contributed by atoms with E-state index in [1.165, 1.54) is 24.1 Å². The Kier molecular flexibility index (Phi) is 4.19. The predicted molar refractivity (Wildman–Crippen MR) is 67.9 cm³/mol. The summed E-state index contributed by atoms with van der Waals surface area (Å²) < 4.78 is 4.95. The highest BCUT2D eigenvalue weighted by Crippen LogP contribution is 2.26. The third kappa shape index (κ3) is 2.73. The first-order chi connectivity index (χ1) is 8.33. The summed E-state index contributed by atoms with van der Waals surface area (Å²) in [7, 11) is 3.07. The largest absolute Gasteiger partial charge is 0.507 e. The highest BCUT2D eigenvalue weighted by Gasteiger charge is 2.28. The van der Waals surface area contributed by atoms with Crippen LogP contribution in [0.4, 0.5) is 0 Å². The average Bonchev–Trinajstić information content (AvgIpc) is 2.36. The third-order valence-electron chi connectivity index (χ3n) is 3.03. The number of nitrogens with zero attached hydrogens (tertiary/aromatic N) is 1. The number of aromatic hydroxyl groups is 1. The number of methoxy groups -OCH3 is 1. The van der Waals surface area contributed by atoms with Crippen LogP contribution in [0.5, 0.6) is 11.5 Å². The van der Waals surface area contributed by atoms with Crippen LogP contribution in [0.1, 0.15) is 24.2 Å². The van der Waals surface area contributed by atoms with Crippen LogP contribution in [0.25, 0.3) is 0 Å². The SMILES string of the molecule is COc1ccc(C(=O)N(C)C(C)(C)CO)c(O)c1. The van der Waals surface area contributed by atoms with Crippen molar-refractivity contribution in [1.82, 2.24) is 4.90 Å². The molecule has 0 radical (unpaired) electrons. The molecule has 100 valence electrons. The van der Waals surface area contributed by atoms with E-state index < -0.39 is 5.54 Å². The molecule has 1 amide bonds. The summed E-state index contributed by atoms with van der Waals surface area (Å²) in [6, 6.07) is 4.49. The number of carbonyl (C=O) groups excluding carboxylic acids is 1. The minimum atomic E-state index is -0.691. The molecule has 0 bridgehead atoms. The van der Waals surface area contributed by atoms with Gasteiger partial charge in [-0.25, -0.2) is 0 Å². The number of likely N-dealkylation sites (N-methyl/N-ethyl adjacent to an activating group) is 1. The molecule has 0 heterocycles. The van der Waals surface area contributed by atoms with E-state index in [2.05, 4.69) is 0 Å². The Morgan fingerprint density at radius 2 is 2.06 bits per heavy atom. The standard InChI is InChI=1S/C13H19NO4/c1-13(2,8-15)14(3)12(17)10-6-5-9(18-4)7-11(10)16/h5-7,15-16H,8H2,1-4H3. The Labute approximate surface area is 107 Å². The first kappa shape index (κ1) is 14.3. The number of ether oxygens (including phenoxy) is 1. The van der Waals surface area contributed by atoms with Gasteiger partial charge in [0, 0.05) is 13.1 Å². The van der Waals surface area contributed by atoms with Gasteiger partial charge in [-0.1, -0.05) is 0 Å². The zero-order valence-corrected chi connectivity index (χ0v) is 11.1. The van der Waals surface area contributed by atoms with Crippen molar-refractivity contribution in [2.75, 3.05) is 20.8 Å². The molecule has 0 aliphatic heterocycles. The van der Waals surface area contributed by atoms with E-state index in [9.17, 15) is 15.0 Å². The molecular weight excluding hydrogens is 234 g/mol. The fourth-order valence-corrected chi connectivity index (χ4v) is 1.38. The monoisotopic (exact) mass is 253 g/mol. The lowest BCUT2D eigenvalue weighted by Crippen LogP contribution is -2.47. The molecule has 0 aliphatic rings. The van der Waals surface area contributed by atoms with Gasteiger partial charge in [0.05, 0.1) is 24.8 Å². The summed E-state index contributed by atoms with van der Waals surface area (Å²) in [5.41, 5.74) is -0.511. The molecule has 2 N–H and O–H groups in total. The second kappa shape index (κ2) is 5.27. The maximum absolute atomic E-state index is 12.2. The van der Waals surface area contributed by atoms with Gasteiger partial charge in [0.25, 0.3) is 5.91 Å². The van der Waals surface area contributed by atoms with Crippen molar-refractivity contribution in [3.8, 4) is 11.5 Å². The van der Waals surface area contributed by atoms with Crippen LogP contribution in [-0.2, 0) is 0 Å². The fourth-order valence-electron chi connectivity index (χ4n) is 1.38. The van der Waals surface area contributed by atoms with Crippen LogP contribution in [-0.4, -0.2) is 47.3 Å². The van der Waals surface area contributed by atoms with E-state index in [1.54, 1.807) is 27.0 Å². The van der Waals surface area contributed by atoms with Crippen LogP contribution < -0.4 is 4.74 Å². The van der Waals surface area contributed by atoms with Crippen molar-refractivity contribution >= 4 is 5.91 Å². The van der Waals surface area contributed by atoms with Crippen LogP contribution in [0.15, 0.2) is 18.2 Å². The Morgan fingerprint density at radius 1 is 1.44 bits per heavy atom. The van der Waals surface area contributed by atoms with Gasteiger partial charge in [-0.3, -0.25) is 4.79 Å². The summed E-state index contributed by atoms with van der Waals surface area (Å²) in [6.45, 7) is 3.32. The average molecular weight is 253 g/mol.